The van der Waals surface area contributed by atoms with Gasteiger partial charge in [-0.25, -0.2) is 0 Å². The molecule has 21 heavy (non-hydrogen) atoms. The summed E-state index contributed by atoms with van der Waals surface area (Å²) < 4.78 is 0. The molecule has 0 saturated carbocycles. The first-order valence-electron chi connectivity index (χ1n) is 7.65. The summed E-state index contributed by atoms with van der Waals surface area (Å²) in [4.78, 5) is 14.5. The van der Waals surface area contributed by atoms with Gasteiger partial charge in [0.25, 0.3) is 0 Å². The normalized spacial score (nSPS) is 18.9. The molecule has 1 amide bonds. The third-order valence-electron chi connectivity index (χ3n) is 3.75. The lowest BCUT2D eigenvalue weighted by atomic mass is 10.1. The quantitative estimate of drug-likeness (QED) is 0.846. The number of halogens is 1. The zero-order valence-corrected chi connectivity index (χ0v) is 13.3. The predicted octanol–water partition coefficient (Wildman–Crippen LogP) is 3.34. The van der Waals surface area contributed by atoms with E-state index in [1.807, 2.05) is 35.2 Å². The van der Waals surface area contributed by atoms with Crippen molar-refractivity contribution in [1.82, 2.24) is 10.2 Å². The molecule has 1 heterocycles. The Hall–Kier alpha value is -1.32. The lowest BCUT2D eigenvalue weighted by Crippen LogP contribution is -2.48. The molecule has 1 N–H and O–H groups in total. The summed E-state index contributed by atoms with van der Waals surface area (Å²) >= 11 is 5.86. The molecule has 1 aromatic rings. The molecule has 0 aromatic heterocycles. The van der Waals surface area contributed by atoms with E-state index in [1.165, 1.54) is 0 Å². The summed E-state index contributed by atoms with van der Waals surface area (Å²) in [6.45, 7) is 4.89. The molecular weight excluding hydrogens is 284 g/mol. The van der Waals surface area contributed by atoms with Crippen LogP contribution in [0.25, 0.3) is 6.08 Å². The smallest absolute Gasteiger partial charge is 0.246 e. The molecule has 1 saturated heterocycles. The minimum atomic E-state index is 0.0977. The van der Waals surface area contributed by atoms with Gasteiger partial charge in [-0.05, 0) is 49.6 Å². The molecule has 114 valence electrons. The molecule has 1 aliphatic heterocycles. The minimum absolute atomic E-state index is 0.0977. The largest absolute Gasteiger partial charge is 0.335 e. The predicted molar refractivity (Wildman–Crippen MR) is 88.4 cm³/mol. The van der Waals surface area contributed by atoms with Crippen molar-refractivity contribution >= 4 is 23.6 Å². The molecule has 0 spiro atoms. The SMILES string of the molecule is CCCN(C(=O)C=Cc1ccc(Cl)cc1)C1CCCNC1. The second-order valence-electron chi connectivity index (χ2n) is 5.42. The van der Waals surface area contributed by atoms with Crippen molar-refractivity contribution in [3.63, 3.8) is 0 Å². The van der Waals surface area contributed by atoms with Crippen LogP contribution in [0.15, 0.2) is 30.3 Å². The van der Waals surface area contributed by atoms with E-state index in [9.17, 15) is 4.79 Å². The van der Waals surface area contributed by atoms with Gasteiger partial charge in [0, 0.05) is 30.2 Å². The molecule has 2 rings (SSSR count). The maximum atomic E-state index is 12.5. The maximum Gasteiger partial charge on any atom is 0.246 e. The molecule has 1 unspecified atom stereocenters. The Morgan fingerprint density at radius 2 is 2.19 bits per heavy atom. The van der Waals surface area contributed by atoms with Gasteiger partial charge in [-0.2, -0.15) is 0 Å². The molecule has 0 bridgehead atoms. The van der Waals surface area contributed by atoms with Crippen molar-refractivity contribution in [2.24, 2.45) is 0 Å². The van der Waals surface area contributed by atoms with Crippen LogP contribution in [0.2, 0.25) is 5.02 Å². The van der Waals surface area contributed by atoms with Gasteiger partial charge in [0.15, 0.2) is 0 Å². The van der Waals surface area contributed by atoms with Gasteiger partial charge in [-0.1, -0.05) is 30.7 Å². The van der Waals surface area contributed by atoms with Crippen LogP contribution >= 0.6 is 11.6 Å². The van der Waals surface area contributed by atoms with Crippen LogP contribution in [0.1, 0.15) is 31.7 Å². The Bertz CT molecular complexity index is 478. The van der Waals surface area contributed by atoms with Gasteiger partial charge < -0.3 is 10.2 Å². The first-order chi connectivity index (χ1) is 10.2. The number of piperidine rings is 1. The highest BCUT2D eigenvalue weighted by Crippen LogP contribution is 2.14. The zero-order valence-electron chi connectivity index (χ0n) is 12.5. The van der Waals surface area contributed by atoms with Crippen molar-refractivity contribution in [1.29, 1.82) is 0 Å². The number of rotatable bonds is 5. The van der Waals surface area contributed by atoms with Crippen LogP contribution in [-0.4, -0.2) is 36.5 Å². The molecule has 0 aliphatic carbocycles. The fourth-order valence-electron chi connectivity index (χ4n) is 2.65. The minimum Gasteiger partial charge on any atom is -0.335 e. The highest BCUT2D eigenvalue weighted by molar-refractivity contribution is 6.30. The van der Waals surface area contributed by atoms with E-state index >= 15 is 0 Å². The summed E-state index contributed by atoms with van der Waals surface area (Å²) in [6.07, 6.45) is 6.74. The van der Waals surface area contributed by atoms with E-state index in [-0.39, 0.29) is 5.91 Å². The lowest BCUT2D eigenvalue weighted by molar-refractivity contribution is -0.128. The number of nitrogens with one attached hydrogen (secondary N) is 1. The fourth-order valence-corrected chi connectivity index (χ4v) is 2.78. The Kier molecular flexibility index (Phi) is 6.27. The lowest BCUT2D eigenvalue weighted by Gasteiger charge is -2.34. The zero-order chi connectivity index (χ0) is 15.1. The van der Waals surface area contributed by atoms with Gasteiger partial charge in [-0.3, -0.25) is 4.79 Å². The van der Waals surface area contributed by atoms with Gasteiger partial charge in [0.2, 0.25) is 5.91 Å². The van der Waals surface area contributed by atoms with E-state index < -0.39 is 0 Å². The van der Waals surface area contributed by atoms with Crippen molar-refractivity contribution in [3.05, 3.63) is 40.9 Å². The van der Waals surface area contributed by atoms with Gasteiger partial charge >= 0.3 is 0 Å². The number of hydrogen-bond acceptors (Lipinski definition) is 2. The van der Waals surface area contributed by atoms with Crippen LogP contribution in [-0.2, 0) is 4.79 Å². The molecule has 1 aliphatic rings. The summed E-state index contributed by atoms with van der Waals surface area (Å²) in [5.74, 6) is 0.0977. The molecule has 1 atom stereocenters. The average molecular weight is 307 g/mol. The van der Waals surface area contributed by atoms with Gasteiger partial charge in [-0.15, -0.1) is 0 Å². The Morgan fingerprint density at radius 3 is 2.81 bits per heavy atom. The first kappa shape index (κ1) is 16.1. The second kappa shape index (κ2) is 8.20. The Balaban J connectivity index is 2.01. The van der Waals surface area contributed by atoms with Crippen molar-refractivity contribution < 1.29 is 4.79 Å². The molecule has 1 fully saturated rings. The molecule has 1 aromatic carbocycles. The van der Waals surface area contributed by atoms with E-state index in [0.717, 1.165) is 44.5 Å². The molecule has 3 nitrogen and oxygen atoms in total. The molecule has 4 heteroatoms. The highest BCUT2D eigenvalue weighted by Gasteiger charge is 2.22. The van der Waals surface area contributed by atoms with Crippen molar-refractivity contribution in [2.75, 3.05) is 19.6 Å². The van der Waals surface area contributed by atoms with Crippen molar-refractivity contribution in [3.8, 4) is 0 Å². The van der Waals surface area contributed by atoms with Crippen LogP contribution in [0.4, 0.5) is 0 Å². The van der Waals surface area contributed by atoms with E-state index in [2.05, 4.69) is 12.2 Å². The summed E-state index contributed by atoms with van der Waals surface area (Å²) in [6, 6.07) is 7.82. The number of nitrogens with zero attached hydrogens (tertiary/aromatic N) is 1. The summed E-state index contributed by atoms with van der Waals surface area (Å²) in [7, 11) is 0. The molecular formula is C17H23ClN2O. The number of carbonyl (C=O) groups excluding carboxylic acids is 1. The topological polar surface area (TPSA) is 32.3 Å². The van der Waals surface area contributed by atoms with E-state index in [4.69, 9.17) is 11.6 Å². The van der Waals surface area contributed by atoms with Crippen LogP contribution < -0.4 is 5.32 Å². The van der Waals surface area contributed by atoms with E-state index in [0.29, 0.717) is 11.1 Å². The Labute approximate surface area is 132 Å². The number of benzene rings is 1. The third-order valence-corrected chi connectivity index (χ3v) is 4.00. The Morgan fingerprint density at radius 1 is 1.43 bits per heavy atom. The van der Waals surface area contributed by atoms with Crippen LogP contribution in [0.3, 0.4) is 0 Å². The maximum absolute atomic E-state index is 12.5. The molecule has 0 radical (unpaired) electrons. The first-order valence-corrected chi connectivity index (χ1v) is 8.03. The number of hydrogen-bond donors (Lipinski definition) is 1. The second-order valence-corrected chi connectivity index (χ2v) is 5.85. The van der Waals surface area contributed by atoms with E-state index in [1.54, 1.807) is 6.08 Å². The standard InChI is InChI=1S/C17H23ClN2O/c1-2-12-20(16-4-3-11-19-13-16)17(21)10-7-14-5-8-15(18)9-6-14/h5-10,16,19H,2-4,11-13H2,1H3. The fraction of sp³-hybridized carbons (Fsp3) is 0.471. The van der Waals surface area contributed by atoms with Crippen LogP contribution in [0, 0.1) is 0 Å². The number of amides is 1. The van der Waals surface area contributed by atoms with Crippen molar-refractivity contribution in [2.45, 2.75) is 32.2 Å². The summed E-state index contributed by atoms with van der Waals surface area (Å²) in [5, 5.41) is 4.08. The highest BCUT2D eigenvalue weighted by atomic mass is 35.5. The third kappa shape index (κ3) is 4.87. The van der Waals surface area contributed by atoms with Crippen LogP contribution in [0.5, 0.6) is 0 Å². The van der Waals surface area contributed by atoms with Gasteiger partial charge in [0.1, 0.15) is 0 Å². The average Bonchev–Trinajstić information content (AvgIpc) is 2.52. The number of carbonyl (C=O) groups is 1. The van der Waals surface area contributed by atoms with Gasteiger partial charge in [0.05, 0.1) is 0 Å². The summed E-state index contributed by atoms with van der Waals surface area (Å²) in [5.41, 5.74) is 0.992. The monoisotopic (exact) mass is 306 g/mol.